The Hall–Kier alpha value is -1.36. The summed E-state index contributed by atoms with van der Waals surface area (Å²) in [6.45, 7) is 4.73. The lowest BCUT2D eigenvalue weighted by molar-refractivity contribution is -0.126. The van der Waals surface area contributed by atoms with Crippen LogP contribution in [0.1, 0.15) is 25.8 Å². The predicted molar refractivity (Wildman–Crippen MR) is 60.1 cm³/mol. The molecule has 5 nitrogen and oxygen atoms in total. The number of carbonyl (C=O) groups is 1. The Bertz CT molecular complexity index is 375. The molecule has 2 rings (SSSR count). The van der Waals surface area contributed by atoms with Crippen LogP contribution in [0.4, 0.5) is 5.82 Å². The molecule has 88 valence electrons. The smallest absolute Gasteiger partial charge is 0.254 e. The maximum absolute atomic E-state index is 11.9. The number of ether oxygens (including phenoxy) is 1. The van der Waals surface area contributed by atoms with Gasteiger partial charge in [0, 0.05) is 12.2 Å². The number of nitrogens with zero attached hydrogens (tertiary/aromatic N) is 1. The number of amides is 1. The van der Waals surface area contributed by atoms with E-state index in [1.165, 1.54) is 0 Å². The molecule has 1 amide bonds. The summed E-state index contributed by atoms with van der Waals surface area (Å²) < 4.78 is 5.40. The van der Waals surface area contributed by atoms with Crippen molar-refractivity contribution in [2.45, 2.75) is 32.8 Å². The summed E-state index contributed by atoms with van der Waals surface area (Å²) in [5.74, 6) is 0.896. The van der Waals surface area contributed by atoms with Crippen LogP contribution < -0.4 is 5.32 Å². The Morgan fingerprint density at radius 2 is 2.56 bits per heavy atom. The van der Waals surface area contributed by atoms with Gasteiger partial charge in [-0.25, -0.2) is 0 Å². The van der Waals surface area contributed by atoms with Gasteiger partial charge in [0.1, 0.15) is 11.9 Å². The SMILES string of the molecule is CCc1cn[nH]c1NC(=O)C1OCCC1C. The van der Waals surface area contributed by atoms with E-state index in [1.807, 2.05) is 13.8 Å². The lowest BCUT2D eigenvalue weighted by atomic mass is 10.0. The first-order valence-corrected chi connectivity index (χ1v) is 5.67. The van der Waals surface area contributed by atoms with Crippen LogP contribution in [0.5, 0.6) is 0 Å². The average molecular weight is 223 g/mol. The van der Waals surface area contributed by atoms with E-state index < -0.39 is 0 Å². The van der Waals surface area contributed by atoms with Gasteiger partial charge >= 0.3 is 0 Å². The van der Waals surface area contributed by atoms with Gasteiger partial charge in [0.15, 0.2) is 0 Å². The minimum absolute atomic E-state index is 0.0797. The van der Waals surface area contributed by atoms with Crippen LogP contribution >= 0.6 is 0 Å². The van der Waals surface area contributed by atoms with Gasteiger partial charge in [0.25, 0.3) is 5.91 Å². The summed E-state index contributed by atoms with van der Waals surface area (Å²) in [5.41, 5.74) is 1.01. The molecule has 2 atom stereocenters. The standard InChI is InChI=1S/C11H17N3O2/c1-3-8-6-12-14-10(8)13-11(15)9-7(2)4-5-16-9/h6-7,9H,3-5H2,1-2H3,(H2,12,13,14,15). The van der Waals surface area contributed by atoms with E-state index in [9.17, 15) is 4.79 Å². The van der Waals surface area contributed by atoms with Gasteiger partial charge in [-0.3, -0.25) is 9.89 Å². The van der Waals surface area contributed by atoms with Gasteiger partial charge in [0.2, 0.25) is 0 Å². The molecule has 2 heterocycles. The van der Waals surface area contributed by atoms with Crippen LogP contribution in [0, 0.1) is 5.92 Å². The first-order chi connectivity index (χ1) is 7.72. The van der Waals surface area contributed by atoms with E-state index in [0.717, 1.165) is 18.4 Å². The average Bonchev–Trinajstić information content (AvgIpc) is 2.86. The molecule has 1 aliphatic rings. The molecule has 0 aliphatic carbocycles. The second kappa shape index (κ2) is 4.65. The Morgan fingerprint density at radius 1 is 1.75 bits per heavy atom. The quantitative estimate of drug-likeness (QED) is 0.812. The van der Waals surface area contributed by atoms with Crippen LogP contribution in [0.3, 0.4) is 0 Å². The van der Waals surface area contributed by atoms with E-state index in [4.69, 9.17) is 4.74 Å². The van der Waals surface area contributed by atoms with E-state index in [2.05, 4.69) is 15.5 Å². The second-order valence-electron chi connectivity index (χ2n) is 4.17. The molecule has 1 fully saturated rings. The minimum Gasteiger partial charge on any atom is -0.368 e. The Morgan fingerprint density at radius 3 is 3.19 bits per heavy atom. The Labute approximate surface area is 94.6 Å². The number of hydrogen-bond donors (Lipinski definition) is 2. The van der Waals surface area contributed by atoms with Crippen molar-refractivity contribution in [1.29, 1.82) is 0 Å². The number of rotatable bonds is 3. The van der Waals surface area contributed by atoms with Crippen LogP contribution in [-0.2, 0) is 16.0 Å². The van der Waals surface area contributed by atoms with Crippen LogP contribution in [0.15, 0.2) is 6.20 Å². The molecule has 0 aromatic carbocycles. The molecule has 1 aromatic heterocycles. The van der Waals surface area contributed by atoms with Crippen molar-refractivity contribution < 1.29 is 9.53 Å². The third kappa shape index (κ3) is 2.09. The highest BCUT2D eigenvalue weighted by Crippen LogP contribution is 2.22. The highest BCUT2D eigenvalue weighted by Gasteiger charge is 2.31. The van der Waals surface area contributed by atoms with Crippen molar-refractivity contribution >= 4 is 11.7 Å². The monoisotopic (exact) mass is 223 g/mol. The first kappa shape index (κ1) is 11.1. The predicted octanol–water partition coefficient (Wildman–Crippen LogP) is 1.34. The van der Waals surface area contributed by atoms with Crippen LogP contribution in [0.25, 0.3) is 0 Å². The molecular formula is C11H17N3O2. The number of aromatic amines is 1. The number of hydrogen-bond acceptors (Lipinski definition) is 3. The molecule has 1 saturated heterocycles. The van der Waals surface area contributed by atoms with Crippen molar-refractivity contribution in [1.82, 2.24) is 10.2 Å². The summed E-state index contributed by atoms with van der Waals surface area (Å²) in [6, 6.07) is 0. The molecule has 2 N–H and O–H groups in total. The number of H-pyrrole nitrogens is 1. The van der Waals surface area contributed by atoms with Crippen molar-refractivity contribution in [2.75, 3.05) is 11.9 Å². The minimum atomic E-state index is -0.326. The molecule has 1 aromatic rings. The van der Waals surface area contributed by atoms with Crippen molar-refractivity contribution in [2.24, 2.45) is 5.92 Å². The van der Waals surface area contributed by atoms with E-state index >= 15 is 0 Å². The third-order valence-electron chi connectivity index (χ3n) is 2.99. The molecular weight excluding hydrogens is 206 g/mol. The van der Waals surface area contributed by atoms with Crippen LogP contribution in [0.2, 0.25) is 0 Å². The lowest BCUT2D eigenvalue weighted by Gasteiger charge is -2.14. The zero-order chi connectivity index (χ0) is 11.5. The van der Waals surface area contributed by atoms with Gasteiger partial charge in [-0.15, -0.1) is 0 Å². The normalized spacial score (nSPS) is 24.6. The first-order valence-electron chi connectivity index (χ1n) is 5.67. The van der Waals surface area contributed by atoms with E-state index in [0.29, 0.717) is 12.4 Å². The summed E-state index contributed by atoms with van der Waals surface area (Å²) >= 11 is 0. The van der Waals surface area contributed by atoms with Gasteiger partial charge in [-0.05, 0) is 18.8 Å². The van der Waals surface area contributed by atoms with E-state index in [1.54, 1.807) is 6.20 Å². The molecule has 0 saturated carbocycles. The van der Waals surface area contributed by atoms with Crippen molar-refractivity contribution in [3.8, 4) is 0 Å². The number of nitrogens with one attached hydrogen (secondary N) is 2. The Balaban J connectivity index is 2.02. The molecule has 0 radical (unpaired) electrons. The van der Waals surface area contributed by atoms with Gasteiger partial charge < -0.3 is 10.1 Å². The maximum Gasteiger partial charge on any atom is 0.254 e. The second-order valence-corrected chi connectivity index (χ2v) is 4.17. The summed E-state index contributed by atoms with van der Waals surface area (Å²) in [7, 11) is 0. The maximum atomic E-state index is 11.9. The summed E-state index contributed by atoms with van der Waals surface area (Å²) in [5, 5.41) is 9.53. The highest BCUT2D eigenvalue weighted by molar-refractivity contribution is 5.94. The largest absolute Gasteiger partial charge is 0.368 e. The van der Waals surface area contributed by atoms with Crippen LogP contribution in [-0.4, -0.2) is 28.8 Å². The fourth-order valence-corrected chi connectivity index (χ4v) is 1.91. The number of carbonyl (C=O) groups excluding carboxylic acids is 1. The Kier molecular flexibility index (Phi) is 3.24. The lowest BCUT2D eigenvalue weighted by Crippen LogP contribution is -2.31. The fraction of sp³-hybridized carbons (Fsp3) is 0.636. The zero-order valence-electron chi connectivity index (χ0n) is 9.62. The third-order valence-corrected chi connectivity index (χ3v) is 2.99. The molecule has 2 unspecified atom stereocenters. The summed E-state index contributed by atoms with van der Waals surface area (Å²) in [6.07, 6.45) is 3.19. The molecule has 0 spiro atoms. The van der Waals surface area contributed by atoms with Gasteiger partial charge in [0.05, 0.1) is 6.20 Å². The van der Waals surface area contributed by atoms with E-state index in [-0.39, 0.29) is 17.9 Å². The van der Waals surface area contributed by atoms with Gasteiger partial charge in [-0.2, -0.15) is 5.10 Å². The van der Waals surface area contributed by atoms with Crippen molar-refractivity contribution in [3.63, 3.8) is 0 Å². The summed E-state index contributed by atoms with van der Waals surface area (Å²) in [4.78, 5) is 11.9. The van der Waals surface area contributed by atoms with Gasteiger partial charge in [-0.1, -0.05) is 13.8 Å². The topological polar surface area (TPSA) is 67.0 Å². The molecule has 1 aliphatic heterocycles. The number of anilines is 1. The molecule has 0 bridgehead atoms. The molecule has 5 heteroatoms. The van der Waals surface area contributed by atoms with Crippen molar-refractivity contribution in [3.05, 3.63) is 11.8 Å². The fourth-order valence-electron chi connectivity index (χ4n) is 1.91. The molecule has 16 heavy (non-hydrogen) atoms. The number of aryl methyl sites for hydroxylation is 1. The zero-order valence-corrected chi connectivity index (χ0v) is 9.62. The number of aromatic nitrogens is 2. The highest BCUT2D eigenvalue weighted by atomic mass is 16.5.